The van der Waals surface area contributed by atoms with E-state index < -0.39 is 0 Å². The molecule has 74 valence electrons. The number of allylic oxidation sites excluding steroid dienone is 4. The maximum atomic E-state index is 3.30. The molecule has 4 heteroatoms. The Morgan fingerprint density at radius 1 is 1.31 bits per heavy atom. The summed E-state index contributed by atoms with van der Waals surface area (Å²) in [6.07, 6.45) is 12.5. The van der Waals surface area contributed by atoms with Gasteiger partial charge >= 0.3 is 25.8 Å². The van der Waals surface area contributed by atoms with Crippen molar-refractivity contribution in [1.82, 2.24) is 0 Å². The van der Waals surface area contributed by atoms with E-state index in [1.807, 2.05) is 0 Å². The quantitative estimate of drug-likeness (QED) is 0.159. The van der Waals surface area contributed by atoms with E-state index in [-0.39, 0.29) is 97.8 Å². The summed E-state index contributed by atoms with van der Waals surface area (Å²) in [5.74, 6) is 0. The van der Waals surface area contributed by atoms with Crippen molar-refractivity contribution in [3.05, 3.63) is 23.8 Å². The Kier molecular flexibility index (Phi) is 32.2. The molecule has 0 spiro atoms. The van der Waals surface area contributed by atoms with Gasteiger partial charge in [-0.25, -0.2) is 11.6 Å². The summed E-state index contributed by atoms with van der Waals surface area (Å²) in [6.45, 7) is 2.22. The van der Waals surface area contributed by atoms with Crippen molar-refractivity contribution in [2.24, 2.45) is 0 Å². The number of hydrogen-bond acceptors (Lipinski definition) is 0. The molecule has 0 saturated carbocycles. The summed E-state index contributed by atoms with van der Waals surface area (Å²) >= 11 is 0. The van der Waals surface area contributed by atoms with Crippen LogP contribution in [0.3, 0.4) is 0 Å². The van der Waals surface area contributed by atoms with Crippen LogP contribution in [0.5, 0.6) is 0 Å². The van der Waals surface area contributed by atoms with E-state index in [1.54, 1.807) is 0 Å². The molecule has 0 heterocycles. The Hall–Kier alpha value is 2.54. The molecule has 0 N–H and O–H groups in total. The van der Waals surface area contributed by atoms with Crippen LogP contribution in [-0.2, 0) is 25.8 Å². The number of unbranched alkanes of at least 4 members (excludes halogenated alkanes) is 1. The normalized spacial score (nSPS) is 11.3. The molecular weight excluding hydrogens is 667 g/mol. The van der Waals surface area contributed by atoms with Gasteiger partial charge in [0.2, 0.25) is 0 Å². The van der Waals surface area contributed by atoms with Crippen LogP contribution >= 0.6 is 0 Å². The van der Waals surface area contributed by atoms with Crippen molar-refractivity contribution in [1.29, 1.82) is 0 Å². The molecule has 0 amide bonds. The third-order valence-electron chi connectivity index (χ3n) is 1.57. The minimum absolute atomic E-state index is 0. The molecule has 0 aromatic rings. The van der Waals surface area contributed by atoms with Crippen molar-refractivity contribution < 1.29 is 97.8 Å². The van der Waals surface area contributed by atoms with Crippen LogP contribution in [0, 0.1) is 6.08 Å². The van der Waals surface area contributed by atoms with Crippen molar-refractivity contribution in [3.8, 4) is 0 Å². The number of hydrogen-bond donors (Lipinski definition) is 0. The van der Waals surface area contributed by atoms with Gasteiger partial charge in [-0.1, -0.05) is 26.2 Å². The molecular formula is C9H13HfI3. The monoisotopic (exact) mass is 682 g/mol. The van der Waals surface area contributed by atoms with Gasteiger partial charge in [-0.2, -0.15) is 6.08 Å². The van der Waals surface area contributed by atoms with Gasteiger partial charge < -0.3 is 71.9 Å². The first-order chi connectivity index (χ1) is 4.43. The smallest absolute Gasteiger partial charge is 1.00 e. The average Bonchev–Trinajstić information content (AvgIpc) is 2.34. The molecule has 0 nitrogen and oxygen atoms in total. The van der Waals surface area contributed by atoms with E-state index >= 15 is 0 Å². The summed E-state index contributed by atoms with van der Waals surface area (Å²) in [5.41, 5.74) is 1.41. The summed E-state index contributed by atoms with van der Waals surface area (Å²) in [7, 11) is 0. The van der Waals surface area contributed by atoms with Crippen LogP contribution in [0.15, 0.2) is 17.7 Å². The zero-order valence-corrected chi connectivity index (χ0v) is 17.7. The summed E-state index contributed by atoms with van der Waals surface area (Å²) < 4.78 is 0. The molecule has 13 heavy (non-hydrogen) atoms. The predicted octanol–water partition coefficient (Wildman–Crippen LogP) is -6.12. The second kappa shape index (κ2) is 17.0. The summed E-state index contributed by atoms with van der Waals surface area (Å²) in [4.78, 5) is 0. The van der Waals surface area contributed by atoms with E-state index in [1.165, 1.54) is 24.8 Å². The molecule has 0 fully saturated rings. The standard InChI is InChI=1S/C9H13.Hf.3HI/c1-2-3-6-9-7-4-5-8-9;;;;/h4,7H,2-3,5-6H2,1H3;;3*1H/q-1;+4;;;/p-3. The van der Waals surface area contributed by atoms with E-state index in [0.29, 0.717) is 0 Å². The van der Waals surface area contributed by atoms with Crippen LogP contribution in [0.4, 0.5) is 0 Å². The SMILES string of the molecule is CCCCC1=[C-]CC=C1.[Hf+4].[I-].[I-].[I-]. The number of halogens is 3. The Morgan fingerprint density at radius 3 is 2.31 bits per heavy atom. The molecule has 0 saturated heterocycles. The second-order valence-electron chi connectivity index (χ2n) is 2.41. The van der Waals surface area contributed by atoms with Gasteiger partial charge in [-0.15, -0.1) is 6.42 Å². The van der Waals surface area contributed by atoms with Crippen LogP contribution in [-0.4, -0.2) is 0 Å². The van der Waals surface area contributed by atoms with Crippen molar-refractivity contribution in [2.75, 3.05) is 0 Å². The second-order valence-corrected chi connectivity index (χ2v) is 2.41. The molecule has 0 aromatic carbocycles. The zero-order valence-electron chi connectivity index (χ0n) is 7.62. The van der Waals surface area contributed by atoms with Crippen molar-refractivity contribution in [2.45, 2.75) is 32.6 Å². The van der Waals surface area contributed by atoms with Crippen LogP contribution in [0.2, 0.25) is 0 Å². The molecule has 1 aliphatic rings. The Bertz CT molecular complexity index is 144. The van der Waals surface area contributed by atoms with E-state index in [9.17, 15) is 0 Å². The Labute approximate surface area is 152 Å². The Morgan fingerprint density at radius 2 is 1.92 bits per heavy atom. The molecule has 0 radical (unpaired) electrons. The predicted molar refractivity (Wildman–Crippen MR) is 40.0 cm³/mol. The minimum Gasteiger partial charge on any atom is -1.00 e. The largest absolute Gasteiger partial charge is 4.00 e. The van der Waals surface area contributed by atoms with E-state index in [2.05, 4.69) is 25.2 Å². The maximum Gasteiger partial charge on any atom is 4.00 e. The third kappa shape index (κ3) is 12.5. The van der Waals surface area contributed by atoms with Crippen LogP contribution in [0.1, 0.15) is 32.6 Å². The third-order valence-corrected chi connectivity index (χ3v) is 1.57. The molecule has 0 unspecified atom stereocenters. The topological polar surface area (TPSA) is 0 Å². The van der Waals surface area contributed by atoms with Gasteiger partial charge in [0.05, 0.1) is 0 Å². The van der Waals surface area contributed by atoms with Gasteiger partial charge in [-0.3, -0.25) is 6.08 Å². The summed E-state index contributed by atoms with van der Waals surface area (Å²) in [5, 5.41) is 0. The van der Waals surface area contributed by atoms with Gasteiger partial charge in [0.1, 0.15) is 0 Å². The van der Waals surface area contributed by atoms with Gasteiger partial charge in [0.15, 0.2) is 0 Å². The molecule has 1 rings (SSSR count). The van der Waals surface area contributed by atoms with Crippen LogP contribution in [0.25, 0.3) is 0 Å². The van der Waals surface area contributed by atoms with Gasteiger partial charge in [0, 0.05) is 0 Å². The molecule has 1 aliphatic carbocycles. The van der Waals surface area contributed by atoms with E-state index in [0.717, 1.165) is 6.42 Å². The fraction of sp³-hybridized carbons (Fsp3) is 0.556. The first-order valence-electron chi connectivity index (χ1n) is 3.69. The molecule has 0 aromatic heterocycles. The fourth-order valence-corrected chi connectivity index (χ4v) is 0.989. The minimum atomic E-state index is 0. The van der Waals surface area contributed by atoms with Crippen LogP contribution < -0.4 is 71.9 Å². The van der Waals surface area contributed by atoms with Crippen molar-refractivity contribution >= 4 is 0 Å². The maximum absolute atomic E-state index is 3.30. The molecule has 0 bridgehead atoms. The Balaban J connectivity index is -0.000000101. The first kappa shape index (κ1) is 24.7. The molecule has 0 atom stereocenters. The summed E-state index contributed by atoms with van der Waals surface area (Å²) in [6, 6.07) is 0. The average molecular weight is 680 g/mol. The van der Waals surface area contributed by atoms with Crippen molar-refractivity contribution in [3.63, 3.8) is 0 Å². The van der Waals surface area contributed by atoms with Gasteiger partial charge in [0.25, 0.3) is 0 Å². The molecule has 0 aliphatic heterocycles. The van der Waals surface area contributed by atoms with E-state index in [4.69, 9.17) is 0 Å². The van der Waals surface area contributed by atoms with Gasteiger partial charge in [-0.05, 0) is 0 Å². The zero-order chi connectivity index (χ0) is 6.53. The first-order valence-corrected chi connectivity index (χ1v) is 3.69. The number of rotatable bonds is 3. The fourth-order valence-electron chi connectivity index (χ4n) is 0.989.